The van der Waals surface area contributed by atoms with E-state index in [1.54, 1.807) is 4.90 Å². The molecule has 2 amide bonds. The molecule has 2 rings (SSSR count). The lowest BCUT2D eigenvalue weighted by Gasteiger charge is -2.28. The van der Waals surface area contributed by atoms with Crippen LogP contribution in [0.2, 0.25) is 0 Å². The van der Waals surface area contributed by atoms with Gasteiger partial charge in [-0.25, -0.2) is 9.59 Å². The fourth-order valence-corrected chi connectivity index (χ4v) is 2.79. The Morgan fingerprint density at radius 2 is 2.10 bits per heavy atom. The van der Waals surface area contributed by atoms with Crippen LogP contribution in [0.15, 0.2) is 18.2 Å². The second-order valence-corrected chi connectivity index (χ2v) is 5.36. The number of carbonyl (C=O) groups is 2. The van der Waals surface area contributed by atoms with Crippen LogP contribution in [0.1, 0.15) is 43.5 Å². The SMILES string of the molecule is CCC1CCC(C)N1C(=O)Nc1ccc(C(=O)O)cc1O. The molecule has 0 saturated carbocycles. The predicted octanol–water partition coefficient (Wildman–Crippen LogP) is 2.89. The normalized spacial score (nSPS) is 21.3. The summed E-state index contributed by atoms with van der Waals surface area (Å²) < 4.78 is 0. The number of hydrogen-bond acceptors (Lipinski definition) is 3. The third kappa shape index (κ3) is 3.09. The van der Waals surface area contributed by atoms with E-state index in [2.05, 4.69) is 5.32 Å². The Morgan fingerprint density at radius 3 is 2.67 bits per heavy atom. The van der Waals surface area contributed by atoms with Crippen LogP contribution in [0.25, 0.3) is 0 Å². The number of phenolic OH excluding ortho intramolecular Hbond substituents is 1. The van der Waals surface area contributed by atoms with Crippen LogP contribution in [0, 0.1) is 0 Å². The molecular weight excluding hydrogens is 272 g/mol. The Bertz CT molecular complexity index is 559. The molecule has 6 heteroatoms. The third-order valence-corrected chi connectivity index (χ3v) is 3.98. The number of amides is 2. The number of nitrogens with zero attached hydrogens (tertiary/aromatic N) is 1. The second kappa shape index (κ2) is 6.03. The molecule has 3 N–H and O–H groups in total. The van der Waals surface area contributed by atoms with E-state index in [1.807, 2.05) is 13.8 Å². The molecule has 114 valence electrons. The fourth-order valence-electron chi connectivity index (χ4n) is 2.79. The van der Waals surface area contributed by atoms with Gasteiger partial charge in [0, 0.05) is 12.1 Å². The summed E-state index contributed by atoms with van der Waals surface area (Å²) in [5.41, 5.74) is 0.199. The van der Waals surface area contributed by atoms with Crippen molar-refractivity contribution in [3.63, 3.8) is 0 Å². The molecule has 2 unspecified atom stereocenters. The van der Waals surface area contributed by atoms with Gasteiger partial charge in [0.25, 0.3) is 0 Å². The molecule has 0 radical (unpaired) electrons. The van der Waals surface area contributed by atoms with Gasteiger partial charge < -0.3 is 20.4 Å². The average Bonchev–Trinajstić information content (AvgIpc) is 2.81. The van der Waals surface area contributed by atoms with Crippen LogP contribution in [0.3, 0.4) is 0 Å². The highest BCUT2D eigenvalue weighted by Crippen LogP contribution is 2.29. The zero-order valence-corrected chi connectivity index (χ0v) is 12.2. The Morgan fingerprint density at radius 1 is 1.38 bits per heavy atom. The standard InChI is InChI=1S/C15H20N2O4/c1-3-11-6-4-9(2)17(11)15(21)16-12-7-5-10(14(19)20)8-13(12)18/h5,7-9,11,18H,3-4,6H2,1-2H3,(H,16,21)(H,19,20). The highest BCUT2D eigenvalue weighted by atomic mass is 16.4. The van der Waals surface area contributed by atoms with Gasteiger partial charge in [-0.1, -0.05) is 6.92 Å². The molecule has 0 aromatic heterocycles. The van der Waals surface area contributed by atoms with E-state index in [0.29, 0.717) is 0 Å². The maximum atomic E-state index is 12.4. The molecule has 0 spiro atoms. The number of carbonyl (C=O) groups excluding carboxylic acids is 1. The van der Waals surface area contributed by atoms with Gasteiger partial charge in [-0.05, 0) is 44.4 Å². The molecule has 0 aliphatic carbocycles. The van der Waals surface area contributed by atoms with E-state index in [9.17, 15) is 14.7 Å². The monoisotopic (exact) mass is 292 g/mol. The van der Waals surface area contributed by atoms with Crippen LogP contribution in [0.4, 0.5) is 10.5 Å². The van der Waals surface area contributed by atoms with Crippen molar-refractivity contribution in [1.29, 1.82) is 0 Å². The van der Waals surface area contributed by atoms with Gasteiger partial charge in [0.15, 0.2) is 0 Å². The molecule has 1 aliphatic heterocycles. The first kappa shape index (κ1) is 15.2. The quantitative estimate of drug-likeness (QED) is 0.747. The minimum Gasteiger partial charge on any atom is -0.506 e. The number of aromatic carboxylic acids is 1. The van der Waals surface area contributed by atoms with Crippen LogP contribution >= 0.6 is 0 Å². The molecule has 0 bridgehead atoms. The lowest BCUT2D eigenvalue weighted by atomic mass is 10.1. The molecular formula is C15H20N2O4. The second-order valence-electron chi connectivity index (χ2n) is 5.36. The van der Waals surface area contributed by atoms with Crippen molar-refractivity contribution in [2.24, 2.45) is 0 Å². The molecule has 1 aromatic rings. The van der Waals surface area contributed by atoms with Crippen LogP contribution < -0.4 is 5.32 Å². The highest BCUT2D eigenvalue weighted by molar-refractivity contribution is 5.94. The molecule has 1 heterocycles. The van der Waals surface area contributed by atoms with E-state index in [4.69, 9.17) is 5.11 Å². The first-order chi connectivity index (χ1) is 9.93. The molecule has 21 heavy (non-hydrogen) atoms. The van der Waals surface area contributed by atoms with E-state index >= 15 is 0 Å². The minimum atomic E-state index is -1.12. The van der Waals surface area contributed by atoms with Gasteiger partial charge in [0.2, 0.25) is 0 Å². The lowest BCUT2D eigenvalue weighted by molar-refractivity contribution is 0.0696. The topological polar surface area (TPSA) is 89.9 Å². The Balaban J connectivity index is 2.14. The van der Waals surface area contributed by atoms with Gasteiger partial charge >= 0.3 is 12.0 Å². The van der Waals surface area contributed by atoms with E-state index in [0.717, 1.165) is 25.3 Å². The number of anilines is 1. The summed E-state index contributed by atoms with van der Waals surface area (Å²) in [5.74, 6) is -1.37. The fraction of sp³-hybridized carbons (Fsp3) is 0.467. The molecule has 1 saturated heterocycles. The Kier molecular flexibility index (Phi) is 4.35. The lowest BCUT2D eigenvalue weighted by Crippen LogP contribution is -2.42. The summed E-state index contributed by atoms with van der Waals surface area (Å²) in [4.78, 5) is 25.0. The molecule has 1 aromatic carbocycles. The van der Waals surface area contributed by atoms with Crippen molar-refractivity contribution >= 4 is 17.7 Å². The van der Waals surface area contributed by atoms with Crippen molar-refractivity contribution in [3.05, 3.63) is 23.8 Å². The number of urea groups is 1. The predicted molar refractivity (Wildman–Crippen MR) is 78.7 cm³/mol. The first-order valence-corrected chi connectivity index (χ1v) is 7.09. The number of phenols is 1. The van der Waals surface area contributed by atoms with Crippen LogP contribution in [-0.4, -0.2) is 39.2 Å². The van der Waals surface area contributed by atoms with Gasteiger partial charge in [0.1, 0.15) is 5.75 Å². The van der Waals surface area contributed by atoms with Crippen molar-refractivity contribution in [3.8, 4) is 5.75 Å². The summed E-state index contributed by atoms with van der Waals surface area (Å²) in [6, 6.07) is 3.99. The summed E-state index contributed by atoms with van der Waals surface area (Å²) in [5, 5.41) is 21.3. The number of carboxylic acids is 1. The summed E-state index contributed by atoms with van der Waals surface area (Å²) in [7, 11) is 0. The summed E-state index contributed by atoms with van der Waals surface area (Å²) in [6.45, 7) is 4.05. The van der Waals surface area contributed by atoms with E-state index in [1.165, 1.54) is 12.1 Å². The van der Waals surface area contributed by atoms with Crippen molar-refractivity contribution in [2.75, 3.05) is 5.32 Å². The van der Waals surface area contributed by atoms with Gasteiger partial charge in [-0.15, -0.1) is 0 Å². The zero-order chi connectivity index (χ0) is 15.6. The first-order valence-electron chi connectivity index (χ1n) is 7.09. The van der Waals surface area contributed by atoms with Crippen molar-refractivity contribution < 1.29 is 19.8 Å². The smallest absolute Gasteiger partial charge is 0.335 e. The van der Waals surface area contributed by atoms with Gasteiger partial charge in [-0.2, -0.15) is 0 Å². The number of likely N-dealkylation sites (tertiary alicyclic amines) is 1. The van der Waals surface area contributed by atoms with Gasteiger partial charge in [0.05, 0.1) is 11.3 Å². The zero-order valence-electron chi connectivity index (χ0n) is 12.2. The van der Waals surface area contributed by atoms with Crippen molar-refractivity contribution in [2.45, 2.75) is 45.2 Å². The number of rotatable bonds is 3. The van der Waals surface area contributed by atoms with Crippen LogP contribution in [-0.2, 0) is 0 Å². The maximum absolute atomic E-state index is 12.4. The molecule has 1 aliphatic rings. The molecule has 2 atom stereocenters. The van der Waals surface area contributed by atoms with Gasteiger partial charge in [-0.3, -0.25) is 0 Å². The summed E-state index contributed by atoms with van der Waals surface area (Å²) >= 11 is 0. The van der Waals surface area contributed by atoms with Crippen molar-refractivity contribution in [1.82, 2.24) is 4.90 Å². The number of carboxylic acid groups (broad SMARTS) is 1. The van der Waals surface area contributed by atoms with Crippen LogP contribution in [0.5, 0.6) is 5.75 Å². The largest absolute Gasteiger partial charge is 0.506 e. The third-order valence-electron chi connectivity index (χ3n) is 3.98. The Hall–Kier alpha value is -2.24. The molecule has 6 nitrogen and oxygen atoms in total. The Labute approximate surface area is 123 Å². The number of nitrogens with one attached hydrogen (secondary N) is 1. The minimum absolute atomic E-state index is 0.0218. The van der Waals surface area contributed by atoms with E-state index in [-0.39, 0.29) is 35.1 Å². The summed E-state index contributed by atoms with van der Waals surface area (Å²) in [6.07, 6.45) is 2.84. The molecule has 1 fully saturated rings. The maximum Gasteiger partial charge on any atom is 0.335 e. The number of hydrogen-bond donors (Lipinski definition) is 3. The average molecular weight is 292 g/mol. The van der Waals surface area contributed by atoms with E-state index < -0.39 is 5.97 Å². The number of aromatic hydroxyl groups is 1. The highest BCUT2D eigenvalue weighted by Gasteiger charge is 2.33. The number of benzene rings is 1.